The standard InChI is InChI=1S/C17H20N2O8/c1-2-25-17(22)12-7-9-18(10-8-12)14(20)11-26-16(21)6-4-13-3-5-15(27-13)19(23)24/h3-6,12H,2,7-11H2,1H3/b6-4+. The third kappa shape index (κ3) is 5.94. The van der Waals surface area contributed by atoms with Crippen LogP contribution in [0, 0.1) is 16.0 Å². The zero-order valence-corrected chi connectivity index (χ0v) is 14.8. The molecule has 0 aliphatic carbocycles. The van der Waals surface area contributed by atoms with E-state index in [0.29, 0.717) is 32.5 Å². The van der Waals surface area contributed by atoms with Crippen molar-refractivity contribution in [3.8, 4) is 0 Å². The second-order valence-corrected chi connectivity index (χ2v) is 5.78. The van der Waals surface area contributed by atoms with Gasteiger partial charge in [-0.3, -0.25) is 19.7 Å². The van der Waals surface area contributed by atoms with Crippen molar-refractivity contribution < 1.29 is 33.2 Å². The van der Waals surface area contributed by atoms with Crippen LogP contribution >= 0.6 is 0 Å². The predicted octanol–water partition coefficient (Wildman–Crippen LogP) is 1.55. The fraction of sp³-hybridized carbons (Fsp3) is 0.471. The molecular formula is C17H20N2O8. The highest BCUT2D eigenvalue weighted by molar-refractivity contribution is 5.89. The Hall–Kier alpha value is -3.17. The first-order valence-corrected chi connectivity index (χ1v) is 8.44. The van der Waals surface area contributed by atoms with Gasteiger partial charge in [-0.1, -0.05) is 0 Å². The molecule has 1 aliphatic heterocycles. The Labute approximate surface area is 154 Å². The molecule has 0 aromatic carbocycles. The molecule has 1 amide bonds. The summed E-state index contributed by atoms with van der Waals surface area (Å²) in [5.74, 6) is -1.91. The largest absolute Gasteiger partial charge is 0.466 e. The molecule has 2 rings (SSSR count). The van der Waals surface area contributed by atoms with E-state index < -0.39 is 23.4 Å². The Morgan fingerprint density at radius 3 is 2.59 bits per heavy atom. The second kappa shape index (κ2) is 9.51. The molecule has 1 fully saturated rings. The van der Waals surface area contributed by atoms with Crippen LogP contribution in [0.4, 0.5) is 5.88 Å². The van der Waals surface area contributed by atoms with Gasteiger partial charge in [0.25, 0.3) is 5.91 Å². The minimum absolute atomic E-state index is 0.117. The molecular weight excluding hydrogens is 360 g/mol. The molecule has 1 aliphatic rings. The molecule has 2 heterocycles. The van der Waals surface area contributed by atoms with Gasteiger partial charge in [0.15, 0.2) is 6.61 Å². The van der Waals surface area contributed by atoms with Gasteiger partial charge in [0, 0.05) is 19.2 Å². The summed E-state index contributed by atoms with van der Waals surface area (Å²) < 4.78 is 14.7. The van der Waals surface area contributed by atoms with Crippen LogP contribution in [0.2, 0.25) is 0 Å². The maximum absolute atomic E-state index is 12.1. The summed E-state index contributed by atoms with van der Waals surface area (Å²) in [6.45, 7) is 2.43. The van der Waals surface area contributed by atoms with E-state index in [2.05, 4.69) is 0 Å². The number of furan rings is 1. The quantitative estimate of drug-likeness (QED) is 0.301. The molecule has 10 heteroatoms. The van der Waals surface area contributed by atoms with Crippen LogP contribution in [0.5, 0.6) is 0 Å². The summed E-state index contributed by atoms with van der Waals surface area (Å²) >= 11 is 0. The van der Waals surface area contributed by atoms with E-state index in [4.69, 9.17) is 13.9 Å². The van der Waals surface area contributed by atoms with E-state index in [1.807, 2.05) is 0 Å². The van der Waals surface area contributed by atoms with Gasteiger partial charge < -0.3 is 18.8 Å². The SMILES string of the molecule is CCOC(=O)C1CCN(C(=O)COC(=O)/C=C/c2ccc([N+](=O)[O-])o2)CC1. The van der Waals surface area contributed by atoms with Crippen LogP contribution in [0.25, 0.3) is 6.08 Å². The van der Waals surface area contributed by atoms with Crippen LogP contribution < -0.4 is 0 Å². The molecule has 0 N–H and O–H groups in total. The molecule has 27 heavy (non-hydrogen) atoms. The summed E-state index contributed by atoms with van der Waals surface area (Å²) in [4.78, 5) is 46.7. The number of rotatable bonds is 7. The van der Waals surface area contributed by atoms with Crippen molar-refractivity contribution in [3.63, 3.8) is 0 Å². The molecule has 146 valence electrons. The number of likely N-dealkylation sites (tertiary alicyclic amines) is 1. The van der Waals surface area contributed by atoms with Gasteiger partial charge >= 0.3 is 17.8 Å². The van der Waals surface area contributed by atoms with Crippen molar-refractivity contribution in [2.75, 3.05) is 26.3 Å². The van der Waals surface area contributed by atoms with Gasteiger partial charge in [-0.15, -0.1) is 0 Å². The Morgan fingerprint density at radius 2 is 2.00 bits per heavy atom. The van der Waals surface area contributed by atoms with E-state index in [9.17, 15) is 24.5 Å². The Kier molecular flexibility index (Phi) is 7.09. The van der Waals surface area contributed by atoms with Gasteiger partial charge in [-0.25, -0.2) is 4.79 Å². The van der Waals surface area contributed by atoms with Gasteiger partial charge in [-0.05, 0) is 31.9 Å². The van der Waals surface area contributed by atoms with E-state index in [1.54, 1.807) is 6.92 Å². The topological polar surface area (TPSA) is 129 Å². The normalized spacial score (nSPS) is 14.9. The minimum Gasteiger partial charge on any atom is -0.466 e. The summed E-state index contributed by atoms with van der Waals surface area (Å²) in [5.41, 5.74) is 0. The van der Waals surface area contributed by atoms with Gasteiger partial charge in [0.2, 0.25) is 0 Å². The highest BCUT2D eigenvalue weighted by Crippen LogP contribution is 2.19. The molecule has 0 bridgehead atoms. The summed E-state index contributed by atoms with van der Waals surface area (Å²) in [6, 6.07) is 2.50. The number of nitro groups is 1. The zero-order chi connectivity index (χ0) is 19.8. The predicted molar refractivity (Wildman–Crippen MR) is 91.3 cm³/mol. The molecule has 10 nitrogen and oxygen atoms in total. The molecule has 1 aromatic heterocycles. The van der Waals surface area contributed by atoms with Crippen LogP contribution in [0.1, 0.15) is 25.5 Å². The molecule has 0 atom stereocenters. The van der Waals surface area contributed by atoms with Crippen molar-refractivity contribution in [1.29, 1.82) is 0 Å². The lowest BCUT2D eigenvalue weighted by atomic mass is 9.97. The second-order valence-electron chi connectivity index (χ2n) is 5.78. The number of ether oxygens (including phenoxy) is 2. The smallest absolute Gasteiger partial charge is 0.433 e. The lowest BCUT2D eigenvalue weighted by molar-refractivity contribution is -0.402. The lowest BCUT2D eigenvalue weighted by Crippen LogP contribution is -2.42. The number of amides is 1. The first kappa shape index (κ1) is 20.1. The maximum atomic E-state index is 12.1. The number of esters is 2. The number of carbonyl (C=O) groups excluding carboxylic acids is 3. The highest BCUT2D eigenvalue weighted by atomic mass is 16.6. The number of carbonyl (C=O) groups is 3. The summed E-state index contributed by atoms with van der Waals surface area (Å²) in [7, 11) is 0. The fourth-order valence-corrected chi connectivity index (χ4v) is 2.58. The molecule has 0 saturated carbocycles. The first-order valence-electron chi connectivity index (χ1n) is 8.44. The van der Waals surface area contributed by atoms with Gasteiger partial charge in [0.1, 0.15) is 10.7 Å². The van der Waals surface area contributed by atoms with E-state index in [1.165, 1.54) is 17.0 Å². The van der Waals surface area contributed by atoms with Crippen LogP contribution in [0.15, 0.2) is 22.6 Å². The van der Waals surface area contributed by atoms with Gasteiger partial charge in [-0.2, -0.15) is 0 Å². The number of piperidine rings is 1. The molecule has 1 aromatic rings. The summed E-state index contributed by atoms with van der Waals surface area (Å²) in [5, 5.41) is 10.5. The van der Waals surface area contributed by atoms with Crippen molar-refractivity contribution >= 4 is 29.8 Å². The third-order valence-corrected chi connectivity index (χ3v) is 3.98. The fourth-order valence-electron chi connectivity index (χ4n) is 2.58. The Bertz CT molecular complexity index is 731. The number of nitrogens with zero attached hydrogens (tertiary/aromatic N) is 2. The molecule has 0 unspecified atom stereocenters. The van der Waals surface area contributed by atoms with E-state index >= 15 is 0 Å². The highest BCUT2D eigenvalue weighted by Gasteiger charge is 2.28. The minimum atomic E-state index is -0.774. The van der Waals surface area contributed by atoms with Crippen molar-refractivity contribution in [3.05, 3.63) is 34.1 Å². The Balaban J connectivity index is 1.73. The van der Waals surface area contributed by atoms with Crippen LogP contribution in [-0.2, 0) is 23.9 Å². The maximum Gasteiger partial charge on any atom is 0.433 e. The van der Waals surface area contributed by atoms with Crippen LogP contribution in [-0.4, -0.2) is 54.0 Å². The molecule has 0 spiro atoms. The van der Waals surface area contributed by atoms with Gasteiger partial charge in [0.05, 0.1) is 18.6 Å². The lowest BCUT2D eigenvalue weighted by Gasteiger charge is -2.30. The Morgan fingerprint density at radius 1 is 1.30 bits per heavy atom. The van der Waals surface area contributed by atoms with Crippen molar-refractivity contribution in [2.24, 2.45) is 5.92 Å². The monoisotopic (exact) mass is 380 g/mol. The summed E-state index contributed by atoms with van der Waals surface area (Å²) in [6.07, 6.45) is 3.25. The third-order valence-electron chi connectivity index (χ3n) is 3.98. The number of hydrogen-bond donors (Lipinski definition) is 0. The average Bonchev–Trinajstić information content (AvgIpc) is 3.14. The zero-order valence-electron chi connectivity index (χ0n) is 14.8. The van der Waals surface area contributed by atoms with Crippen molar-refractivity contribution in [1.82, 2.24) is 4.90 Å². The first-order chi connectivity index (χ1) is 12.9. The number of hydrogen-bond acceptors (Lipinski definition) is 8. The molecule has 0 radical (unpaired) electrons. The average molecular weight is 380 g/mol. The van der Waals surface area contributed by atoms with Crippen molar-refractivity contribution in [2.45, 2.75) is 19.8 Å². The molecule has 1 saturated heterocycles. The van der Waals surface area contributed by atoms with Crippen LogP contribution in [0.3, 0.4) is 0 Å². The van der Waals surface area contributed by atoms with E-state index in [0.717, 1.165) is 12.1 Å². The van der Waals surface area contributed by atoms with E-state index in [-0.39, 0.29) is 23.6 Å².